The SMILES string of the molecule is COCCNCC(=CC1CCC(C)CC1)C(C)C. The third kappa shape index (κ3) is 6.01. The van der Waals surface area contributed by atoms with Crippen LogP contribution in [0.1, 0.15) is 46.5 Å². The van der Waals surface area contributed by atoms with Crippen LogP contribution in [0.3, 0.4) is 0 Å². The van der Waals surface area contributed by atoms with Crippen LogP contribution >= 0.6 is 0 Å². The molecule has 2 heteroatoms. The van der Waals surface area contributed by atoms with E-state index in [4.69, 9.17) is 4.74 Å². The zero-order valence-corrected chi connectivity index (χ0v) is 12.7. The molecule has 0 aromatic heterocycles. The van der Waals surface area contributed by atoms with Crippen molar-refractivity contribution in [2.24, 2.45) is 17.8 Å². The van der Waals surface area contributed by atoms with Crippen LogP contribution in [0.15, 0.2) is 11.6 Å². The maximum atomic E-state index is 5.06. The molecule has 0 bridgehead atoms. The van der Waals surface area contributed by atoms with Crippen LogP contribution in [0.2, 0.25) is 0 Å². The van der Waals surface area contributed by atoms with Gasteiger partial charge in [0.05, 0.1) is 6.61 Å². The lowest BCUT2D eigenvalue weighted by molar-refractivity contribution is 0.200. The van der Waals surface area contributed by atoms with Gasteiger partial charge in [0.15, 0.2) is 0 Å². The molecule has 0 saturated heterocycles. The number of ether oxygens (including phenoxy) is 1. The number of methoxy groups -OCH3 is 1. The van der Waals surface area contributed by atoms with Crippen LogP contribution in [0.5, 0.6) is 0 Å². The van der Waals surface area contributed by atoms with Gasteiger partial charge in [0, 0.05) is 20.2 Å². The summed E-state index contributed by atoms with van der Waals surface area (Å²) >= 11 is 0. The third-order valence-electron chi connectivity index (χ3n) is 4.06. The number of rotatable bonds is 7. The van der Waals surface area contributed by atoms with Gasteiger partial charge in [0.1, 0.15) is 0 Å². The Morgan fingerprint density at radius 1 is 1.28 bits per heavy atom. The smallest absolute Gasteiger partial charge is 0.0587 e. The lowest BCUT2D eigenvalue weighted by Gasteiger charge is -2.25. The number of hydrogen-bond donors (Lipinski definition) is 1. The molecule has 2 nitrogen and oxygen atoms in total. The monoisotopic (exact) mass is 253 g/mol. The van der Waals surface area contributed by atoms with Crippen molar-refractivity contribution in [2.45, 2.75) is 46.5 Å². The summed E-state index contributed by atoms with van der Waals surface area (Å²) in [6.07, 6.45) is 8.13. The topological polar surface area (TPSA) is 21.3 Å². The molecule has 0 amide bonds. The average molecular weight is 253 g/mol. The molecule has 0 heterocycles. The van der Waals surface area contributed by atoms with Gasteiger partial charge in [-0.1, -0.05) is 45.3 Å². The van der Waals surface area contributed by atoms with Crippen molar-refractivity contribution in [3.63, 3.8) is 0 Å². The Bertz CT molecular complexity index is 239. The molecule has 106 valence electrons. The van der Waals surface area contributed by atoms with Gasteiger partial charge in [0.25, 0.3) is 0 Å². The quantitative estimate of drug-likeness (QED) is 0.552. The summed E-state index contributed by atoms with van der Waals surface area (Å²) in [7, 11) is 1.75. The highest BCUT2D eigenvalue weighted by Crippen LogP contribution is 2.30. The molecule has 18 heavy (non-hydrogen) atoms. The molecule has 1 aliphatic carbocycles. The largest absolute Gasteiger partial charge is 0.383 e. The minimum absolute atomic E-state index is 0.652. The molecule has 0 aliphatic heterocycles. The van der Waals surface area contributed by atoms with Crippen molar-refractivity contribution in [2.75, 3.05) is 26.8 Å². The molecule has 0 aromatic rings. The fourth-order valence-corrected chi connectivity index (χ4v) is 2.62. The van der Waals surface area contributed by atoms with Crippen molar-refractivity contribution < 1.29 is 4.74 Å². The van der Waals surface area contributed by atoms with Crippen LogP contribution in [-0.4, -0.2) is 26.8 Å². The number of allylic oxidation sites excluding steroid dienone is 1. The van der Waals surface area contributed by atoms with Crippen LogP contribution < -0.4 is 5.32 Å². The Morgan fingerprint density at radius 2 is 1.94 bits per heavy atom. The number of nitrogens with one attached hydrogen (secondary N) is 1. The first-order chi connectivity index (χ1) is 8.63. The lowest BCUT2D eigenvalue weighted by atomic mass is 9.81. The van der Waals surface area contributed by atoms with Gasteiger partial charge in [0.2, 0.25) is 0 Å². The summed E-state index contributed by atoms with van der Waals surface area (Å²) in [6, 6.07) is 0. The molecule has 0 radical (unpaired) electrons. The van der Waals surface area contributed by atoms with Crippen molar-refractivity contribution in [3.8, 4) is 0 Å². The normalized spacial score (nSPS) is 25.7. The fraction of sp³-hybridized carbons (Fsp3) is 0.875. The maximum absolute atomic E-state index is 5.06. The zero-order valence-electron chi connectivity index (χ0n) is 12.7. The minimum Gasteiger partial charge on any atom is -0.383 e. The predicted molar refractivity (Wildman–Crippen MR) is 78.8 cm³/mol. The van der Waals surface area contributed by atoms with E-state index in [1.54, 1.807) is 12.7 Å². The molecule has 0 spiro atoms. The summed E-state index contributed by atoms with van der Waals surface area (Å²) in [5.41, 5.74) is 1.57. The Kier molecular flexibility index (Phi) is 7.60. The molecule has 1 saturated carbocycles. The van der Waals surface area contributed by atoms with Crippen LogP contribution in [0, 0.1) is 17.8 Å². The average Bonchev–Trinajstić information content (AvgIpc) is 2.35. The van der Waals surface area contributed by atoms with E-state index < -0.39 is 0 Å². The van der Waals surface area contributed by atoms with E-state index in [1.165, 1.54) is 25.7 Å². The van der Waals surface area contributed by atoms with Crippen LogP contribution in [-0.2, 0) is 4.74 Å². The first-order valence-corrected chi connectivity index (χ1v) is 7.53. The molecular formula is C16H31NO. The predicted octanol–water partition coefficient (Wildman–Crippen LogP) is 3.63. The molecule has 1 aliphatic rings. The second kappa shape index (κ2) is 8.71. The van der Waals surface area contributed by atoms with Gasteiger partial charge in [-0.3, -0.25) is 0 Å². The molecule has 1 fully saturated rings. The standard InChI is InChI=1S/C16H31NO/c1-13(2)16(12-17-9-10-18-4)11-15-7-5-14(3)6-8-15/h11,13-15,17H,5-10,12H2,1-4H3. The molecule has 1 rings (SSSR count). The second-order valence-electron chi connectivity index (χ2n) is 6.09. The second-order valence-corrected chi connectivity index (χ2v) is 6.09. The van der Waals surface area contributed by atoms with Gasteiger partial charge in [-0.15, -0.1) is 0 Å². The van der Waals surface area contributed by atoms with Gasteiger partial charge < -0.3 is 10.1 Å². The van der Waals surface area contributed by atoms with E-state index >= 15 is 0 Å². The Labute approximate surface area is 113 Å². The van der Waals surface area contributed by atoms with Gasteiger partial charge in [-0.05, 0) is 30.6 Å². The number of hydrogen-bond acceptors (Lipinski definition) is 2. The van der Waals surface area contributed by atoms with E-state index in [1.807, 2.05) is 0 Å². The molecule has 0 aromatic carbocycles. The van der Waals surface area contributed by atoms with Crippen molar-refractivity contribution in [3.05, 3.63) is 11.6 Å². The summed E-state index contributed by atoms with van der Waals surface area (Å²) in [5, 5.41) is 3.47. The van der Waals surface area contributed by atoms with E-state index in [0.29, 0.717) is 5.92 Å². The Morgan fingerprint density at radius 3 is 2.50 bits per heavy atom. The first-order valence-electron chi connectivity index (χ1n) is 7.53. The van der Waals surface area contributed by atoms with Crippen molar-refractivity contribution >= 4 is 0 Å². The van der Waals surface area contributed by atoms with Crippen LogP contribution in [0.25, 0.3) is 0 Å². The Hall–Kier alpha value is -0.340. The summed E-state index contributed by atoms with van der Waals surface area (Å²) in [6.45, 7) is 9.75. The van der Waals surface area contributed by atoms with Gasteiger partial charge >= 0.3 is 0 Å². The van der Waals surface area contributed by atoms with E-state index in [9.17, 15) is 0 Å². The van der Waals surface area contributed by atoms with E-state index in [-0.39, 0.29) is 0 Å². The highest BCUT2D eigenvalue weighted by molar-refractivity contribution is 5.09. The van der Waals surface area contributed by atoms with Crippen LogP contribution in [0.4, 0.5) is 0 Å². The highest BCUT2D eigenvalue weighted by Gasteiger charge is 2.17. The first kappa shape index (κ1) is 15.7. The van der Waals surface area contributed by atoms with Gasteiger partial charge in [-0.25, -0.2) is 0 Å². The fourth-order valence-electron chi connectivity index (χ4n) is 2.62. The minimum atomic E-state index is 0.652. The van der Waals surface area contributed by atoms with Crippen molar-refractivity contribution in [1.29, 1.82) is 0 Å². The molecule has 1 N–H and O–H groups in total. The van der Waals surface area contributed by atoms with Crippen molar-refractivity contribution in [1.82, 2.24) is 5.32 Å². The molecule has 0 atom stereocenters. The summed E-state index contributed by atoms with van der Waals surface area (Å²) in [5.74, 6) is 2.42. The van der Waals surface area contributed by atoms with E-state index in [2.05, 4.69) is 32.2 Å². The third-order valence-corrected chi connectivity index (χ3v) is 4.06. The van der Waals surface area contributed by atoms with E-state index in [0.717, 1.165) is 31.5 Å². The highest BCUT2D eigenvalue weighted by atomic mass is 16.5. The lowest BCUT2D eigenvalue weighted by Crippen LogP contribution is -2.24. The molecular weight excluding hydrogens is 222 g/mol. The summed E-state index contributed by atoms with van der Waals surface area (Å²) < 4.78 is 5.06. The van der Waals surface area contributed by atoms with Gasteiger partial charge in [-0.2, -0.15) is 0 Å². The summed E-state index contributed by atoms with van der Waals surface area (Å²) in [4.78, 5) is 0. The molecule has 0 unspecified atom stereocenters. The zero-order chi connectivity index (χ0) is 13.4. The Balaban J connectivity index is 2.39. The maximum Gasteiger partial charge on any atom is 0.0587 e.